The molecule has 1 atom stereocenters. The van der Waals surface area contributed by atoms with Gasteiger partial charge >= 0.3 is 0 Å². The zero-order valence-corrected chi connectivity index (χ0v) is 12.8. The van der Waals surface area contributed by atoms with Gasteiger partial charge in [-0.3, -0.25) is 0 Å². The summed E-state index contributed by atoms with van der Waals surface area (Å²) in [7, 11) is -1.88. The van der Waals surface area contributed by atoms with Crippen molar-refractivity contribution in [1.82, 2.24) is 14.6 Å². The van der Waals surface area contributed by atoms with E-state index in [9.17, 15) is 8.42 Å². The van der Waals surface area contributed by atoms with E-state index in [-0.39, 0.29) is 10.9 Å². The SMILES string of the molecule is CNc1ncccc1S(=O)(=O)NC(C)CN1CCCC1. The van der Waals surface area contributed by atoms with Gasteiger partial charge in [-0.05, 0) is 45.0 Å². The molecule has 1 saturated heterocycles. The Morgan fingerprint density at radius 3 is 2.75 bits per heavy atom. The highest BCUT2D eigenvalue weighted by atomic mass is 32.2. The number of hydrogen-bond acceptors (Lipinski definition) is 5. The second-order valence-electron chi connectivity index (χ2n) is 5.13. The Morgan fingerprint density at radius 2 is 2.10 bits per heavy atom. The maximum absolute atomic E-state index is 12.4. The largest absolute Gasteiger partial charge is 0.372 e. The van der Waals surface area contributed by atoms with Crippen LogP contribution in [0, 0.1) is 0 Å². The Labute approximate surface area is 120 Å². The smallest absolute Gasteiger partial charge is 0.244 e. The Morgan fingerprint density at radius 1 is 1.40 bits per heavy atom. The molecular formula is C13H22N4O2S. The van der Waals surface area contributed by atoms with Gasteiger partial charge in [-0.25, -0.2) is 18.1 Å². The minimum Gasteiger partial charge on any atom is -0.372 e. The number of sulfonamides is 1. The van der Waals surface area contributed by atoms with Crippen molar-refractivity contribution in [3.05, 3.63) is 18.3 Å². The van der Waals surface area contributed by atoms with E-state index >= 15 is 0 Å². The lowest BCUT2D eigenvalue weighted by molar-refractivity contribution is 0.313. The van der Waals surface area contributed by atoms with Crippen molar-refractivity contribution in [2.24, 2.45) is 0 Å². The fraction of sp³-hybridized carbons (Fsp3) is 0.615. The molecule has 7 heteroatoms. The summed E-state index contributed by atoms with van der Waals surface area (Å²) in [6.07, 6.45) is 3.97. The van der Waals surface area contributed by atoms with Crippen LogP contribution in [0.3, 0.4) is 0 Å². The lowest BCUT2D eigenvalue weighted by Crippen LogP contribution is -2.41. The van der Waals surface area contributed by atoms with Gasteiger partial charge in [-0.2, -0.15) is 0 Å². The van der Waals surface area contributed by atoms with Crippen molar-refractivity contribution in [3.63, 3.8) is 0 Å². The van der Waals surface area contributed by atoms with Crippen LogP contribution < -0.4 is 10.0 Å². The van der Waals surface area contributed by atoms with Gasteiger partial charge in [0.1, 0.15) is 10.7 Å². The molecule has 0 saturated carbocycles. The zero-order chi connectivity index (χ0) is 14.6. The Kier molecular flexibility index (Phi) is 4.95. The number of hydrogen-bond donors (Lipinski definition) is 2. The molecule has 1 aromatic heterocycles. The molecule has 0 bridgehead atoms. The van der Waals surface area contributed by atoms with Crippen LogP contribution in [0.15, 0.2) is 23.2 Å². The molecule has 0 amide bonds. The van der Waals surface area contributed by atoms with Gasteiger partial charge in [0.15, 0.2) is 0 Å². The van der Waals surface area contributed by atoms with Crippen LogP contribution in [0.1, 0.15) is 19.8 Å². The summed E-state index contributed by atoms with van der Waals surface area (Å²) < 4.78 is 27.5. The minimum absolute atomic E-state index is 0.122. The predicted octanol–water partition coefficient (Wildman–Crippen LogP) is 0.886. The number of nitrogens with one attached hydrogen (secondary N) is 2. The number of aromatic nitrogens is 1. The zero-order valence-electron chi connectivity index (χ0n) is 12.0. The maximum Gasteiger partial charge on any atom is 0.244 e. The summed E-state index contributed by atoms with van der Waals surface area (Å²) in [4.78, 5) is 6.51. The van der Waals surface area contributed by atoms with Crippen LogP contribution in [0.5, 0.6) is 0 Å². The first kappa shape index (κ1) is 15.2. The highest BCUT2D eigenvalue weighted by molar-refractivity contribution is 7.89. The Balaban J connectivity index is 2.06. The molecule has 6 nitrogen and oxygen atoms in total. The van der Waals surface area contributed by atoms with Gasteiger partial charge < -0.3 is 10.2 Å². The monoisotopic (exact) mass is 298 g/mol. The third-order valence-electron chi connectivity index (χ3n) is 3.38. The lowest BCUT2D eigenvalue weighted by Gasteiger charge is -2.21. The average molecular weight is 298 g/mol. The topological polar surface area (TPSA) is 74.3 Å². The molecule has 2 N–H and O–H groups in total. The summed E-state index contributed by atoms with van der Waals surface area (Å²) in [6, 6.07) is 3.06. The Hall–Kier alpha value is -1.18. The first-order valence-electron chi connectivity index (χ1n) is 6.90. The lowest BCUT2D eigenvalue weighted by atomic mass is 10.3. The van der Waals surface area contributed by atoms with Gasteiger partial charge in [0, 0.05) is 25.8 Å². The van der Waals surface area contributed by atoms with Crippen molar-refractivity contribution < 1.29 is 8.42 Å². The molecule has 1 unspecified atom stereocenters. The van der Waals surface area contributed by atoms with E-state index in [1.54, 1.807) is 25.4 Å². The van der Waals surface area contributed by atoms with Crippen molar-refractivity contribution in [2.45, 2.75) is 30.7 Å². The molecule has 0 aliphatic carbocycles. The quantitative estimate of drug-likeness (QED) is 0.816. The molecule has 2 rings (SSSR count). The molecule has 2 heterocycles. The van der Waals surface area contributed by atoms with Crippen molar-refractivity contribution >= 4 is 15.8 Å². The van der Waals surface area contributed by atoms with E-state index in [1.807, 2.05) is 6.92 Å². The third kappa shape index (κ3) is 3.68. The highest BCUT2D eigenvalue weighted by Gasteiger charge is 2.23. The molecule has 112 valence electrons. The van der Waals surface area contributed by atoms with Crippen LogP contribution in [-0.2, 0) is 10.0 Å². The standard InChI is InChI=1S/C13H22N4O2S/c1-11(10-17-8-3-4-9-17)16-20(18,19)12-6-5-7-15-13(12)14-2/h5-7,11,16H,3-4,8-10H2,1-2H3,(H,14,15). The molecule has 1 aromatic rings. The fourth-order valence-corrected chi connectivity index (χ4v) is 3.91. The van der Waals surface area contributed by atoms with Crippen molar-refractivity contribution in [3.8, 4) is 0 Å². The van der Waals surface area contributed by atoms with E-state index in [0.29, 0.717) is 5.82 Å². The normalized spacial score (nSPS) is 18.1. The molecule has 0 aromatic carbocycles. The molecule has 1 fully saturated rings. The van der Waals surface area contributed by atoms with Gasteiger partial charge in [0.25, 0.3) is 0 Å². The van der Waals surface area contributed by atoms with Crippen LogP contribution in [0.4, 0.5) is 5.82 Å². The van der Waals surface area contributed by atoms with Gasteiger partial charge in [0.05, 0.1) is 0 Å². The number of anilines is 1. The van der Waals surface area contributed by atoms with Crippen LogP contribution in [-0.4, -0.2) is 51.0 Å². The summed E-state index contributed by atoms with van der Waals surface area (Å²) in [5.41, 5.74) is 0. The van der Waals surface area contributed by atoms with E-state index in [2.05, 4.69) is 19.9 Å². The first-order valence-corrected chi connectivity index (χ1v) is 8.38. The number of nitrogens with zero attached hydrogens (tertiary/aromatic N) is 2. The van der Waals surface area contributed by atoms with E-state index in [4.69, 9.17) is 0 Å². The number of rotatable bonds is 6. The van der Waals surface area contributed by atoms with E-state index in [0.717, 1.165) is 19.6 Å². The van der Waals surface area contributed by atoms with Crippen molar-refractivity contribution in [1.29, 1.82) is 0 Å². The fourth-order valence-electron chi connectivity index (χ4n) is 2.51. The minimum atomic E-state index is -3.55. The molecule has 1 aliphatic heterocycles. The maximum atomic E-state index is 12.4. The summed E-state index contributed by atoms with van der Waals surface area (Å²) in [5, 5.41) is 2.81. The van der Waals surface area contributed by atoms with Gasteiger partial charge in [-0.1, -0.05) is 0 Å². The van der Waals surface area contributed by atoms with E-state index in [1.165, 1.54) is 12.8 Å². The summed E-state index contributed by atoms with van der Waals surface area (Å²) >= 11 is 0. The van der Waals surface area contributed by atoms with Crippen LogP contribution >= 0.6 is 0 Å². The van der Waals surface area contributed by atoms with Crippen molar-refractivity contribution in [2.75, 3.05) is 32.0 Å². The highest BCUT2D eigenvalue weighted by Crippen LogP contribution is 2.17. The molecule has 20 heavy (non-hydrogen) atoms. The third-order valence-corrected chi connectivity index (χ3v) is 5.01. The molecular weight excluding hydrogens is 276 g/mol. The second-order valence-corrected chi connectivity index (χ2v) is 6.81. The summed E-state index contributed by atoms with van der Waals surface area (Å²) in [6.45, 7) is 4.75. The van der Waals surface area contributed by atoms with Crippen LogP contribution in [0.2, 0.25) is 0 Å². The van der Waals surface area contributed by atoms with Crippen LogP contribution in [0.25, 0.3) is 0 Å². The molecule has 1 aliphatic rings. The van der Waals surface area contributed by atoms with Gasteiger partial charge in [-0.15, -0.1) is 0 Å². The molecule has 0 spiro atoms. The second kappa shape index (κ2) is 6.51. The Bertz CT molecular complexity index is 541. The number of pyridine rings is 1. The number of likely N-dealkylation sites (tertiary alicyclic amines) is 1. The summed E-state index contributed by atoms with van der Waals surface area (Å²) in [5.74, 6) is 0.369. The predicted molar refractivity (Wildman–Crippen MR) is 79.2 cm³/mol. The van der Waals surface area contributed by atoms with E-state index < -0.39 is 10.0 Å². The van der Waals surface area contributed by atoms with Gasteiger partial charge in [0.2, 0.25) is 10.0 Å². The first-order chi connectivity index (χ1) is 9.53. The molecule has 0 radical (unpaired) electrons. The average Bonchev–Trinajstić information content (AvgIpc) is 2.90.